The molecule has 0 spiro atoms. The van der Waals surface area contributed by atoms with E-state index in [-0.39, 0.29) is 0 Å². The molecule has 0 aliphatic carbocycles. The molecule has 0 aromatic carbocycles. The standard InChI is InChI=1S/C10H14N2OS/c1-8-2-5-11-10(12-8)13-9-3-6-14-7-4-9/h2,5,9H,3-4,6-7H2,1H3. The molecule has 0 unspecified atom stereocenters. The van der Waals surface area contributed by atoms with Crippen molar-refractivity contribution in [1.82, 2.24) is 9.97 Å². The van der Waals surface area contributed by atoms with E-state index in [1.54, 1.807) is 6.20 Å². The van der Waals surface area contributed by atoms with E-state index in [1.807, 2.05) is 24.8 Å². The van der Waals surface area contributed by atoms with Crippen molar-refractivity contribution in [3.8, 4) is 6.01 Å². The fraction of sp³-hybridized carbons (Fsp3) is 0.600. The topological polar surface area (TPSA) is 35.0 Å². The number of rotatable bonds is 2. The lowest BCUT2D eigenvalue weighted by atomic mass is 10.2. The molecule has 1 fully saturated rings. The Kier molecular flexibility index (Phi) is 3.24. The lowest BCUT2D eigenvalue weighted by Crippen LogP contribution is -2.23. The fourth-order valence-corrected chi connectivity index (χ4v) is 2.49. The smallest absolute Gasteiger partial charge is 0.316 e. The summed E-state index contributed by atoms with van der Waals surface area (Å²) in [4.78, 5) is 8.32. The molecule has 0 bridgehead atoms. The normalized spacial score (nSPS) is 18.1. The third-order valence-corrected chi connectivity index (χ3v) is 3.26. The maximum atomic E-state index is 5.70. The molecule has 2 rings (SSSR count). The zero-order valence-electron chi connectivity index (χ0n) is 8.27. The van der Waals surface area contributed by atoms with Crippen molar-refractivity contribution in [1.29, 1.82) is 0 Å². The summed E-state index contributed by atoms with van der Waals surface area (Å²) < 4.78 is 5.70. The first-order valence-corrected chi connectivity index (χ1v) is 6.04. The number of thioether (sulfide) groups is 1. The van der Waals surface area contributed by atoms with Crippen molar-refractivity contribution in [2.75, 3.05) is 11.5 Å². The van der Waals surface area contributed by atoms with Gasteiger partial charge in [-0.15, -0.1) is 0 Å². The highest BCUT2D eigenvalue weighted by Crippen LogP contribution is 2.20. The Bertz CT molecular complexity index is 300. The summed E-state index contributed by atoms with van der Waals surface area (Å²) in [6.07, 6.45) is 4.29. The van der Waals surface area contributed by atoms with Crippen LogP contribution in [0, 0.1) is 6.92 Å². The highest BCUT2D eigenvalue weighted by molar-refractivity contribution is 7.99. The first-order valence-electron chi connectivity index (χ1n) is 4.88. The van der Waals surface area contributed by atoms with E-state index in [2.05, 4.69) is 9.97 Å². The van der Waals surface area contributed by atoms with Gasteiger partial charge in [-0.25, -0.2) is 9.97 Å². The first kappa shape index (κ1) is 9.77. The molecule has 3 nitrogen and oxygen atoms in total. The molecule has 1 aromatic heterocycles. The lowest BCUT2D eigenvalue weighted by Gasteiger charge is -2.21. The molecule has 14 heavy (non-hydrogen) atoms. The summed E-state index contributed by atoms with van der Waals surface area (Å²) in [7, 11) is 0. The predicted octanol–water partition coefficient (Wildman–Crippen LogP) is 2.06. The predicted molar refractivity (Wildman–Crippen MR) is 57.7 cm³/mol. The third-order valence-electron chi connectivity index (χ3n) is 2.21. The van der Waals surface area contributed by atoms with Crippen LogP contribution in [0.5, 0.6) is 6.01 Å². The van der Waals surface area contributed by atoms with Crippen LogP contribution < -0.4 is 4.74 Å². The van der Waals surface area contributed by atoms with Crippen LogP contribution >= 0.6 is 11.8 Å². The van der Waals surface area contributed by atoms with Gasteiger partial charge in [-0.2, -0.15) is 11.8 Å². The van der Waals surface area contributed by atoms with Gasteiger partial charge < -0.3 is 4.74 Å². The molecular weight excluding hydrogens is 196 g/mol. The van der Waals surface area contributed by atoms with Gasteiger partial charge in [0.2, 0.25) is 0 Å². The highest BCUT2D eigenvalue weighted by Gasteiger charge is 2.15. The Morgan fingerprint density at radius 1 is 1.43 bits per heavy atom. The van der Waals surface area contributed by atoms with E-state index in [9.17, 15) is 0 Å². The Hall–Kier alpha value is -0.770. The van der Waals surface area contributed by atoms with Gasteiger partial charge in [0.25, 0.3) is 0 Å². The maximum Gasteiger partial charge on any atom is 0.316 e. The average molecular weight is 210 g/mol. The molecule has 1 aromatic rings. The minimum atomic E-state index is 0.318. The maximum absolute atomic E-state index is 5.70. The summed E-state index contributed by atoms with van der Waals surface area (Å²) in [6.45, 7) is 1.95. The van der Waals surface area contributed by atoms with Crippen LogP contribution in [0.2, 0.25) is 0 Å². The van der Waals surface area contributed by atoms with Crippen molar-refractivity contribution in [2.24, 2.45) is 0 Å². The van der Waals surface area contributed by atoms with Crippen LogP contribution in [0.15, 0.2) is 12.3 Å². The Morgan fingerprint density at radius 3 is 2.93 bits per heavy atom. The van der Waals surface area contributed by atoms with Crippen molar-refractivity contribution < 1.29 is 4.74 Å². The number of aromatic nitrogens is 2. The molecule has 2 heterocycles. The lowest BCUT2D eigenvalue weighted by molar-refractivity contribution is 0.175. The van der Waals surface area contributed by atoms with Gasteiger partial charge in [0, 0.05) is 11.9 Å². The summed E-state index contributed by atoms with van der Waals surface area (Å²) in [5.74, 6) is 2.38. The molecule has 0 saturated carbocycles. The van der Waals surface area contributed by atoms with Crippen LogP contribution in [-0.4, -0.2) is 27.6 Å². The molecule has 0 atom stereocenters. The Balaban J connectivity index is 1.95. The van der Waals surface area contributed by atoms with Gasteiger partial charge in [0.15, 0.2) is 0 Å². The second kappa shape index (κ2) is 4.64. The molecule has 1 aliphatic heterocycles. The van der Waals surface area contributed by atoms with Crippen LogP contribution in [-0.2, 0) is 0 Å². The Labute approximate surface area is 88.3 Å². The fourth-order valence-electron chi connectivity index (χ4n) is 1.43. The third kappa shape index (κ3) is 2.61. The molecule has 0 amide bonds. The number of aryl methyl sites for hydroxylation is 1. The van der Waals surface area contributed by atoms with E-state index in [4.69, 9.17) is 4.74 Å². The van der Waals surface area contributed by atoms with Crippen LogP contribution in [0.4, 0.5) is 0 Å². The summed E-state index contributed by atoms with van der Waals surface area (Å²) in [6, 6.07) is 2.41. The second-order valence-corrected chi connectivity index (χ2v) is 4.63. The van der Waals surface area contributed by atoms with Crippen molar-refractivity contribution in [3.05, 3.63) is 18.0 Å². The summed E-state index contributed by atoms with van der Waals surface area (Å²) in [5.41, 5.74) is 0.959. The quantitative estimate of drug-likeness (QED) is 0.748. The first-order chi connectivity index (χ1) is 6.84. The molecule has 0 N–H and O–H groups in total. The Morgan fingerprint density at radius 2 is 2.21 bits per heavy atom. The van der Waals surface area contributed by atoms with Gasteiger partial charge in [0.05, 0.1) is 0 Å². The van der Waals surface area contributed by atoms with E-state index in [0.29, 0.717) is 12.1 Å². The zero-order valence-corrected chi connectivity index (χ0v) is 9.09. The van der Waals surface area contributed by atoms with E-state index in [1.165, 1.54) is 11.5 Å². The average Bonchev–Trinajstić information content (AvgIpc) is 2.19. The van der Waals surface area contributed by atoms with Crippen molar-refractivity contribution in [2.45, 2.75) is 25.9 Å². The molecule has 76 valence electrons. The molecular formula is C10H14N2OS. The minimum absolute atomic E-state index is 0.318. The largest absolute Gasteiger partial charge is 0.460 e. The van der Waals surface area contributed by atoms with E-state index >= 15 is 0 Å². The minimum Gasteiger partial charge on any atom is -0.460 e. The number of hydrogen-bond donors (Lipinski definition) is 0. The molecule has 1 aliphatic rings. The van der Waals surface area contributed by atoms with E-state index in [0.717, 1.165) is 18.5 Å². The van der Waals surface area contributed by atoms with Crippen molar-refractivity contribution >= 4 is 11.8 Å². The van der Waals surface area contributed by atoms with Gasteiger partial charge in [-0.05, 0) is 37.3 Å². The number of nitrogens with zero attached hydrogens (tertiary/aromatic N) is 2. The zero-order chi connectivity index (χ0) is 9.80. The molecule has 0 radical (unpaired) electrons. The molecule has 4 heteroatoms. The molecule has 1 saturated heterocycles. The highest BCUT2D eigenvalue weighted by atomic mass is 32.2. The van der Waals surface area contributed by atoms with E-state index < -0.39 is 0 Å². The van der Waals surface area contributed by atoms with Gasteiger partial charge in [-0.1, -0.05) is 0 Å². The summed E-state index contributed by atoms with van der Waals surface area (Å²) >= 11 is 1.99. The summed E-state index contributed by atoms with van der Waals surface area (Å²) in [5, 5.41) is 0. The van der Waals surface area contributed by atoms with Crippen LogP contribution in [0.3, 0.4) is 0 Å². The number of ether oxygens (including phenoxy) is 1. The van der Waals surface area contributed by atoms with Crippen LogP contribution in [0.1, 0.15) is 18.5 Å². The van der Waals surface area contributed by atoms with Gasteiger partial charge >= 0.3 is 6.01 Å². The number of hydrogen-bond acceptors (Lipinski definition) is 4. The van der Waals surface area contributed by atoms with Crippen LogP contribution in [0.25, 0.3) is 0 Å². The second-order valence-electron chi connectivity index (χ2n) is 3.41. The van der Waals surface area contributed by atoms with Crippen molar-refractivity contribution in [3.63, 3.8) is 0 Å². The SMILES string of the molecule is Cc1ccnc(OC2CCSCC2)n1. The van der Waals surface area contributed by atoms with Gasteiger partial charge in [-0.3, -0.25) is 0 Å². The van der Waals surface area contributed by atoms with Gasteiger partial charge in [0.1, 0.15) is 6.10 Å². The monoisotopic (exact) mass is 210 g/mol.